The molecule has 0 spiro atoms. The molecule has 0 atom stereocenters. The van der Waals surface area contributed by atoms with Gasteiger partial charge in [0.25, 0.3) is 5.88 Å². The SMILES string of the molecule is Oc1cc(-c2cnc(O[C@H]3C[C@@H](c4cccc5ccccc54)C3)cn2)on1. The lowest BCUT2D eigenvalue weighted by atomic mass is 9.76. The summed E-state index contributed by atoms with van der Waals surface area (Å²) in [6.07, 6.45) is 5.19. The fourth-order valence-corrected chi connectivity index (χ4v) is 3.58. The highest BCUT2D eigenvalue weighted by atomic mass is 16.5. The molecule has 0 aliphatic heterocycles. The minimum atomic E-state index is -0.180. The van der Waals surface area contributed by atoms with Crippen LogP contribution in [0.5, 0.6) is 11.8 Å². The fraction of sp³-hybridized carbons (Fsp3) is 0.190. The molecule has 2 aromatic carbocycles. The van der Waals surface area contributed by atoms with Crippen molar-refractivity contribution >= 4 is 10.8 Å². The van der Waals surface area contributed by atoms with E-state index >= 15 is 0 Å². The molecule has 1 saturated carbocycles. The van der Waals surface area contributed by atoms with Crippen LogP contribution in [-0.4, -0.2) is 26.3 Å². The third kappa shape index (κ3) is 2.99. The Morgan fingerprint density at radius 3 is 2.63 bits per heavy atom. The number of fused-ring (bicyclic) bond motifs is 1. The lowest BCUT2D eigenvalue weighted by Gasteiger charge is -2.35. The minimum absolute atomic E-state index is 0.142. The van der Waals surface area contributed by atoms with Crippen molar-refractivity contribution in [3.05, 3.63) is 66.5 Å². The van der Waals surface area contributed by atoms with Crippen molar-refractivity contribution in [2.75, 3.05) is 0 Å². The van der Waals surface area contributed by atoms with Crippen molar-refractivity contribution in [3.63, 3.8) is 0 Å². The van der Waals surface area contributed by atoms with Crippen LogP contribution in [0.15, 0.2) is 65.4 Å². The summed E-state index contributed by atoms with van der Waals surface area (Å²) in [5.74, 6) is 1.18. The summed E-state index contributed by atoms with van der Waals surface area (Å²) in [6.45, 7) is 0. The van der Waals surface area contributed by atoms with Crippen molar-refractivity contribution in [1.29, 1.82) is 0 Å². The average molecular weight is 359 g/mol. The van der Waals surface area contributed by atoms with Gasteiger partial charge in [0.05, 0.1) is 18.5 Å². The van der Waals surface area contributed by atoms with E-state index in [0.29, 0.717) is 23.3 Å². The Morgan fingerprint density at radius 1 is 1.00 bits per heavy atom. The van der Waals surface area contributed by atoms with Crippen LogP contribution in [0.2, 0.25) is 0 Å². The van der Waals surface area contributed by atoms with Crippen molar-refractivity contribution in [1.82, 2.24) is 15.1 Å². The summed E-state index contributed by atoms with van der Waals surface area (Å²) in [7, 11) is 0. The van der Waals surface area contributed by atoms with Crippen LogP contribution in [0.1, 0.15) is 24.3 Å². The zero-order valence-corrected chi connectivity index (χ0v) is 14.4. The fourth-order valence-electron chi connectivity index (χ4n) is 3.58. The lowest BCUT2D eigenvalue weighted by molar-refractivity contribution is 0.0936. The van der Waals surface area contributed by atoms with E-state index in [9.17, 15) is 5.11 Å². The molecule has 5 rings (SSSR count). The van der Waals surface area contributed by atoms with E-state index in [4.69, 9.17) is 9.26 Å². The third-order valence-corrected chi connectivity index (χ3v) is 5.02. The maximum Gasteiger partial charge on any atom is 0.252 e. The Bertz CT molecular complexity index is 1080. The molecule has 27 heavy (non-hydrogen) atoms. The first kappa shape index (κ1) is 15.8. The highest BCUT2D eigenvalue weighted by Gasteiger charge is 2.33. The van der Waals surface area contributed by atoms with Gasteiger partial charge < -0.3 is 14.4 Å². The van der Waals surface area contributed by atoms with Crippen LogP contribution in [0.3, 0.4) is 0 Å². The van der Waals surface area contributed by atoms with E-state index in [1.807, 2.05) is 0 Å². The zero-order chi connectivity index (χ0) is 18.2. The van der Waals surface area contributed by atoms with Crippen LogP contribution in [-0.2, 0) is 0 Å². The first-order valence-electron chi connectivity index (χ1n) is 8.89. The number of hydrogen-bond donors (Lipinski definition) is 1. The molecule has 0 saturated heterocycles. The maximum absolute atomic E-state index is 9.23. The van der Waals surface area contributed by atoms with Gasteiger partial charge in [-0.1, -0.05) is 42.5 Å². The van der Waals surface area contributed by atoms with Gasteiger partial charge in [0.15, 0.2) is 5.76 Å². The lowest BCUT2D eigenvalue weighted by Crippen LogP contribution is -2.32. The number of hydrogen-bond acceptors (Lipinski definition) is 6. The van der Waals surface area contributed by atoms with Crippen molar-refractivity contribution in [3.8, 4) is 23.2 Å². The quantitative estimate of drug-likeness (QED) is 0.584. The Labute approximate surface area is 155 Å². The van der Waals surface area contributed by atoms with Gasteiger partial charge in [0.1, 0.15) is 11.8 Å². The summed E-state index contributed by atoms with van der Waals surface area (Å²) in [6, 6.07) is 16.4. The van der Waals surface area contributed by atoms with Gasteiger partial charge in [-0.15, -0.1) is 0 Å². The van der Waals surface area contributed by atoms with Gasteiger partial charge in [-0.3, -0.25) is 0 Å². The van der Waals surface area contributed by atoms with Crippen molar-refractivity contribution < 1.29 is 14.4 Å². The number of aromatic hydroxyl groups is 1. The molecule has 1 aliphatic rings. The molecule has 6 heteroatoms. The number of aromatic nitrogens is 3. The summed E-state index contributed by atoms with van der Waals surface area (Å²) >= 11 is 0. The molecule has 6 nitrogen and oxygen atoms in total. The Kier molecular flexibility index (Phi) is 3.74. The Balaban J connectivity index is 1.25. The molecule has 0 bridgehead atoms. The smallest absolute Gasteiger partial charge is 0.252 e. The molecule has 1 N–H and O–H groups in total. The van der Waals surface area contributed by atoms with Crippen LogP contribution in [0.4, 0.5) is 0 Å². The highest BCUT2D eigenvalue weighted by Crippen LogP contribution is 2.41. The summed E-state index contributed by atoms with van der Waals surface area (Å²) in [4.78, 5) is 8.54. The van der Waals surface area contributed by atoms with Crippen molar-refractivity contribution in [2.45, 2.75) is 24.9 Å². The molecule has 2 heterocycles. The highest BCUT2D eigenvalue weighted by molar-refractivity contribution is 5.86. The molecular formula is C21H17N3O3. The molecule has 0 radical (unpaired) electrons. The van der Waals surface area contributed by atoms with E-state index in [-0.39, 0.29) is 12.0 Å². The molecule has 0 unspecified atom stereocenters. The van der Waals surface area contributed by atoms with Gasteiger partial charge in [-0.05, 0) is 40.3 Å². The minimum Gasteiger partial charge on any atom is -0.491 e. The Hall–Kier alpha value is -3.41. The van der Waals surface area contributed by atoms with Gasteiger partial charge in [0.2, 0.25) is 5.88 Å². The van der Waals surface area contributed by atoms with Crippen LogP contribution in [0.25, 0.3) is 22.2 Å². The molecule has 0 amide bonds. The maximum atomic E-state index is 9.23. The second-order valence-corrected chi connectivity index (χ2v) is 6.77. The Morgan fingerprint density at radius 2 is 1.85 bits per heavy atom. The molecular weight excluding hydrogens is 342 g/mol. The molecule has 1 aliphatic carbocycles. The van der Waals surface area contributed by atoms with Gasteiger partial charge in [0, 0.05) is 0 Å². The second-order valence-electron chi connectivity index (χ2n) is 6.77. The number of rotatable bonds is 4. The first-order chi connectivity index (χ1) is 13.3. The van der Waals surface area contributed by atoms with Gasteiger partial charge in [-0.25, -0.2) is 9.97 Å². The van der Waals surface area contributed by atoms with Crippen LogP contribution < -0.4 is 4.74 Å². The van der Waals surface area contributed by atoms with Crippen molar-refractivity contribution in [2.24, 2.45) is 0 Å². The van der Waals surface area contributed by atoms with Gasteiger partial charge in [-0.2, -0.15) is 0 Å². The largest absolute Gasteiger partial charge is 0.491 e. The monoisotopic (exact) mass is 359 g/mol. The van der Waals surface area contributed by atoms with E-state index in [0.717, 1.165) is 12.8 Å². The second kappa shape index (κ2) is 6.39. The standard InChI is InChI=1S/C21H17N3O3/c25-20-10-19(27-24-20)18-11-23-21(12-22-18)26-15-8-14(9-15)17-7-3-5-13-4-1-2-6-16(13)17/h1-7,10-12,14-15H,8-9H2,(H,24,25)/t14-,15+. The average Bonchev–Trinajstić information content (AvgIpc) is 3.11. The normalized spacial score (nSPS) is 19.0. The predicted octanol–water partition coefficient (Wildman–Crippen LogP) is 4.32. The van der Waals surface area contributed by atoms with Crippen LogP contribution >= 0.6 is 0 Å². The van der Waals surface area contributed by atoms with Crippen LogP contribution in [0, 0.1) is 0 Å². The topological polar surface area (TPSA) is 81.3 Å². The molecule has 2 aromatic heterocycles. The van der Waals surface area contributed by atoms with E-state index in [1.165, 1.54) is 22.4 Å². The molecule has 1 fully saturated rings. The number of nitrogens with zero attached hydrogens (tertiary/aromatic N) is 3. The predicted molar refractivity (Wildman–Crippen MR) is 99.5 cm³/mol. The van der Waals surface area contributed by atoms with E-state index in [1.54, 1.807) is 12.4 Å². The third-order valence-electron chi connectivity index (χ3n) is 5.02. The zero-order valence-electron chi connectivity index (χ0n) is 14.4. The van der Waals surface area contributed by atoms with E-state index in [2.05, 4.69) is 57.6 Å². The van der Waals surface area contributed by atoms with Gasteiger partial charge >= 0.3 is 0 Å². The van der Waals surface area contributed by atoms with E-state index < -0.39 is 0 Å². The summed E-state index contributed by atoms with van der Waals surface area (Å²) in [5, 5.41) is 15.3. The molecule has 4 aromatic rings. The summed E-state index contributed by atoms with van der Waals surface area (Å²) < 4.78 is 10.9. The number of benzene rings is 2. The molecule has 134 valence electrons. The first-order valence-corrected chi connectivity index (χ1v) is 8.89. The summed E-state index contributed by atoms with van der Waals surface area (Å²) in [5.41, 5.74) is 1.89. The number of ether oxygens (including phenoxy) is 1.